The first kappa shape index (κ1) is 16.3. The maximum absolute atomic E-state index is 5.90. The molecule has 0 spiro atoms. The zero-order chi connectivity index (χ0) is 13.4. The van der Waals surface area contributed by atoms with Gasteiger partial charge in [0.25, 0.3) is 0 Å². The summed E-state index contributed by atoms with van der Waals surface area (Å²) in [6.45, 7) is 10.5. The van der Waals surface area contributed by atoms with Crippen LogP contribution in [0.2, 0.25) is 0 Å². The van der Waals surface area contributed by atoms with E-state index < -0.39 is 0 Å². The highest BCUT2D eigenvalue weighted by atomic mass is 32.2. The number of nitrogens with zero attached hydrogens (tertiary/aromatic N) is 1. The van der Waals surface area contributed by atoms with E-state index in [2.05, 4.69) is 25.0 Å². The summed E-state index contributed by atoms with van der Waals surface area (Å²) in [5, 5.41) is 0. The molecule has 18 heavy (non-hydrogen) atoms. The third kappa shape index (κ3) is 5.47. The van der Waals surface area contributed by atoms with Gasteiger partial charge in [-0.25, -0.2) is 0 Å². The SMILES string of the molecule is CSC1(CN)CCN(CCOCCC(C)C)CC1. The first-order valence-corrected chi connectivity index (χ1v) is 8.40. The molecule has 0 aromatic heterocycles. The zero-order valence-corrected chi connectivity index (χ0v) is 13.1. The van der Waals surface area contributed by atoms with Gasteiger partial charge in [-0.3, -0.25) is 0 Å². The quantitative estimate of drug-likeness (QED) is 0.689. The first-order valence-electron chi connectivity index (χ1n) is 7.17. The summed E-state index contributed by atoms with van der Waals surface area (Å²) >= 11 is 1.95. The molecular weight excluding hydrogens is 244 g/mol. The number of rotatable bonds is 8. The van der Waals surface area contributed by atoms with Gasteiger partial charge in [0, 0.05) is 24.4 Å². The minimum atomic E-state index is 0.342. The van der Waals surface area contributed by atoms with Gasteiger partial charge in [0.2, 0.25) is 0 Å². The summed E-state index contributed by atoms with van der Waals surface area (Å²) in [5.41, 5.74) is 5.90. The Morgan fingerprint density at radius 3 is 2.44 bits per heavy atom. The van der Waals surface area contributed by atoms with E-state index in [4.69, 9.17) is 10.5 Å². The third-order valence-corrected chi connectivity index (χ3v) is 5.40. The predicted molar refractivity (Wildman–Crippen MR) is 81.2 cm³/mol. The molecular formula is C14H30N2OS. The van der Waals surface area contributed by atoms with Gasteiger partial charge < -0.3 is 15.4 Å². The van der Waals surface area contributed by atoms with E-state index in [9.17, 15) is 0 Å². The lowest BCUT2D eigenvalue weighted by molar-refractivity contribution is 0.0860. The van der Waals surface area contributed by atoms with E-state index in [0.29, 0.717) is 4.75 Å². The highest BCUT2D eigenvalue weighted by Gasteiger charge is 2.32. The van der Waals surface area contributed by atoms with Crippen LogP contribution in [-0.4, -0.2) is 55.3 Å². The molecule has 0 radical (unpaired) electrons. The Labute approximate surface area is 117 Å². The van der Waals surface area contributed by atoms with Crippen molar-refractivity contribution in [2.45, 2.75) is 37.9 Å². The van der Waals surface area contributed by atoms with Crippen LogP contribution in [0.3, 0.4) is 0 Å². The maximum Gasteiger partial charge on any atom is 0.0593 e. The van der Waals surface area contributed by atoms with Crippen LogP contribution in [0.5, 0.6) is 0 Å². The average Bonchev–Trinajstić information content (AvgIpc) is 2.39. The average molecular weight is 274 g/mol. The van der Waals surface area contributed by atoms with Crippen LogP contribution >= 0.6 is 11.8 Å². The monoisotopic (exact) mass is 274 g/mol. The van der Waals surface area contributed by atoms with Crippen molar-refractivity contribution in [3.63, 3.8) is 0 Å². The molecule has 0 saturated carbocycles. The van der Waals surface area contributed by atoms with E-state index in [1.54, 1.807) is 0 Å². The molecule has 0 aromatic carbocycles. The topological polar surface area (TPSA) is 38.5 Å². The smallest absolute Gasteiger partial charge is 0.0593 e. The molecule has 108 valence electrons. The van der Waals surface area contributed by atoms with Gasteiger partial charge in [0.05, 0.1) is 6.61 Å². The van der Waals surface area contributed by atoms with E-state index >= 15 is 0 Å². The Hall–Kier alpha value is 0.230. The summed E-state index contributed by atoms with van der Waals surface area (Å²) in [6, 6.07) is 0. The van der Waals surface area contributed by atoms with Gasteiger partial charge in [-0.1, -0.05) is 13.8 Å². The predicted octanol–water partition coefficient (Wildman–Crippen LogP) is 2.21. The van der Waals surface area contributed by atoms with E-state index in [0.717, 1.165) is 32.2 Å². The minimum Gasteiger partial charge on any atom is -0.380 e. The van der Waals surface area contributed by atoms with Gasteiger partial charge in [-0.15, -0.1) is 0 Å². The van der Waals surface area contributed by atoms with Crippen molar-refractivity contribution >= 4 is 11.8 Å². The Balaban J connectivity index is 2.09. The molecule has 0 atom stereocenters. The van der Waals surface area contributed by atoms with Gasteiger partial charge in [0.1, 0.15) is 0 Å². The number of ether oxygens (including phenoxy) is 1. The molecule has 1 aliphatic rings. The largest absolute Gasteiger partial charge is 0.380 e. The molecule has 0 unspecified atom stereocenters. The second kappa shape index (κ2) is 8.41. The lowest BCUT2D eigenvalue weighted by Gasteiger charge is -2.40. The van der Waals surface area contributed by atoms with Crippen molar-refractivity contribution in [1.82, 2.24) is 4.90 Å². The van der Waals surface area contributed by atoms with Gasteiger partial charge in [-0.05, 0) is 44.5 Å². The summed E-state index contributed by atoms with van der Waals surface area (Å²) in [7, 11) is 0. The molecule has 2 N–H and O–H groups in total. The van der Waals surface area contributed by atoms with Crippen molar-refractivity contribution in [3.05, 3.63) is 0 Å². The summed E-state index contributed by atoms with van der Waals surface area (Å²) < 4.78 is 6.02. The van der Waals surface area contributed by atoms with Gasteiger partial charge in [-0.2, -0.15) is 11.8 Å². The lowest BCUT2D eigenvalue weighted by atomic mass is 9.96. The van der Waals surface area contributed by atoms with Gasteiger partial charge in [0.15, 0.2) is 0 Å². The second-order valence-electron chi connectivity index (χ2n) is 5.73. The Morgan fingerprint density at radius 2 is 1.94 bits per heavy atom. The third-order valence-electron chi connectivity index (χ3n) is 3.96. The Morgan fingerprint density at radius 1 is 1.28 bits per heavy atom. The fourth-order valence-electron chi connectivity index (χ4n) is 2.29. The normalized spacial score (nSPS) is 20.5. The van der Waals surface area contributed by atoms with Crippen LogP contribution in [0.25, 0.3) is 0 Å². The second-order valence-corrected chi connectivity index (χ2v) is 7.00. The van der Waals surface area contributed by atoms with Crippen molar-refractivity contribution in [2.24, 2.45) is 11.7 Å². The van der Waals surface area contributed by atoms with Crippen LogP contribution in [0, 0.1) is 5.92 Å². The van der Waals surface area contributed by atoms with Crippen LogP contribution in [0.4, 0.5) is 0 Å². The van der Waals surface area contributed by atoms with Crippen LogP contribution < -0.4 is 5.73 Å². The molecule has 0 amide bonds. The number of likely N-dealkylation sites (tertiary alicyclic amines) is 1. The molecule has 1 aliphatic heterocycles. The molecule has 1 rings (SSSR count). The van der Waals surface area contributed by atoms with E-state index in [1.807, 2.05) is 11.8 Å². The van der Waals surface area contributed by atoms with Crippen LogP contribution in [0.1, 0.15) is 33.1 Å². The van der Waals surface area contributed by atoms with Crippen molar-refractivity contribution in [2.75, 3.05) is 45.6 Å². The maximum atomic E-state index is 5.90. The van der Waals surface area contributed by atoms with Crippen LogP contribution in [0.15, 0.2) is 0 Å². The molecule has 3 nitrogen and oxygen atoms in total. The van der Waals surface area contributed by atoms with Crippen LogP contribution in [-0.2, 0) is 4.74 Å². The molecule has 1 saturated heterocycles. The van der Waals surface area contributed by atoms with E-state index in [1.165, 1.54) is 32.4 Å². The fourth-order valence-corrected chi connectivity index (χ4v) is 3.05. The first-order chi connectivity index (χ1) is 8.62. The summed E-state index contributed by atoms with van der Waals surface area (Å²) in [5.74, 6) is 0.742. The van der Waals surface area contributed by atoms with Crippen molar-refractivity contribution in [1.29, 1.82) is 0 Å². The molecule has 1 heterocycles. The zero-order valence-electron chi connectivity index (χ0n) is 12.3. The van der Waals surface area contributed by atoms with E-state index in [-0.39, 0.29) is 0 Å². The molecule has 1 fully saturated rings. The Bertz CT molecular complexity index is 210. The highest BCUT2D eigenvalue weighted by molar-refractivity contribution is 8.00. The number of hydrogen-bond donors (Lipinski definition) is 1. The summed E-state index contributed by atoms with van der Waals surface area (Å²) in [4.78, 5) is 2.51. The summed E-state index contributed by atoms with van der Waals surface area (Å²) in [6.07, 6.45) is 5.80. The standard InChI is InChI=1S/C14H30N2OS/c1-13(2)4-10-17-11-9-16-7-5-14(12-15,18-3)6-8-16/h13H,4-12,15H2,1-3H3. The van der Waals surface area contributed by atoms with Crippen molar-refractivity contribution in [3.8, 4) is 0 Å². The number of piperidine rings is 1. The van der Waals surface area contributed by atoms with Gasteiger partial charge >= 0.3 is 0 Å². The highest BCUT2D eigenvalue weighted by Crippen LogP contribution is 2.33. The fraction of sp³-hybridized carbons (Fsp3) is 1.00. The number of thioether (sulfide) groups is 1. The number of hydrogen-bond acceptors (Lipinski definition) is 4. The molecule has 0 bridgehead atoms. The number of nitrogens with two attached hydrogens (primary N) is 1. The molecule has 0 aliphatic carbocycles. The molecule has 0 aromatic rings. The molecule has 4 heteroatoms. The Kier molecular flexibility index (Phi) is 7.61. The lowest BCUT2D eigenvalue weighted by Crippen LogP contribution is -2.47. The van der Waals surface area contributed by atoms with Crippen molar-refractivity contribution < 1.29 is 4.74 Å². The minimum absolute atomic E-state index is 0.342.